The summed E-state index contributed by atoms with van der Waals surface area (Å²) in [6, 6.07) is 17.0. The van der Waals surface area contributed by atoms with Crippen molar-refractivity contribution in [3.8, 4) is 5.75 Å². The first-order valence-corrected chi connectivity index (χ1v) is 8.71. The van der Waals surface area contributed by atoms with E-state index in [-0.39, 0.29) is 23.9 Å². The molecule has 0 saturated carbocycles. The van der Waals surface area contributed by atoms with Crippen LogP contribution in [0.15, 0.2) is 54.6 Å². The van der Waals surface area contributed by atoms with E-state index in [1.807, 2.05) is 42.5 Å². The van der Waals surface area contributed by atoms with Gasteiger partial charge >= 0.3 is 6.03 Å². The SMILES string of the molecule is O=C(NCCCc1ccc(O)cc1)N[C@@H]1CCO[C@@H]1c1ccccc1. The monoisotopic (exact) mass is 340 g/mol. The Kier molecular flexibility index (Phi) is 5.90. The van der Waals surface area contributed by atoms with Gasteiger partial charge in [0.1, 0.15) is 11.9 Å². The Morgan fingerprint density at radius 3 is 2.64 bits per heavy atom. The molecule has 0 spiro atoms. The van der Waals surface area contributed by atoms with Crippen LogP contribution in [0, 0.1) is 0 Å². The number of urea groups is 1. The van der Waals surface area contributed by atoms with Crippen LogP contribution in [0.25, 0.3) is 0 Å². The topological polar surface area (TPSA) is 70.6 Å². The van der Waals surface area contributed by atoms with E-state index < -0.39 is 0 Å². The number of carbonyl (C=O) groups excluding carboxylic acids is 1. The van der Waals surface area contributed by atoms with E-state index in [1.54, 1.807) is 12.1 Å². The molecule has 3 rings (SSSR count). The molecule has 25 heavy (non-hydrogen) atoms. The zero-order valence-electron chi connectivity index (χ0n) is 14.2. The zero-order valence-corrected chi connectivity index (χ0v) is 14.2. The fraction of sp³-hybridized carbons (Fsp3) is 0.350. The highest BCUT2D eigenvalue weighted by Crippen LogP contribution is 2.28. The van der Waals surface area contributed by atoms with Crippen molar-refractivity contribution in [3.05, 3.63) is 65.7 Å². The van der Waals surface area contributed by atoms with Gasteiger partial charge in [0.05, 0.1) is 6.04 Å². The number of carbonyl (C=O) groups is 1. The van der Waals surface area contributed by atoms with Crippen molar-refractivity contribution in [2.75, 3.05) is 13.2 Å². The molecule has 0 aliphatic carbocycles. The first-order valence-electron chi connectivity index (χ1n) is 8.71. The summed E-state index contributed by atoms with van der Waals surface area (Å²) in [5.41, 5.74) is 2.24. The maximum absolute atomic E-state index is 12.1. The van der Waals surface area contributed by atoms with E-state index in [4.69, 9.17) is 4.74 Å². The van der Waals surface area contributed by atoms with Crippen LogP contribution in [0.4, 0.5) is 4.79 Å². The third kappa shape index (κ3) is 4.97. The molecule has 0 unspecified atom stereocenters. The minimum absolute atomic E-state index is 0.000464. The van der Waals surface area contributed by atoms with E-state index in [9.17, 15) is 9.90 Å². The molecule has 0 aromatic heterocycles. The summed E-state index contributed by atoms with van der Waals surface area (Å²) in [6.07, 6.45) is 2.45. The van der Waals surface area contributed by atoms with Crippen LogP contribution in [0.1, 0.15) is 30.1 Å². The second-order valence-electron chi connectivity index (χ2n) is 6.27. The molecule has 1 aliphatic rings. The fourth-order valence-corrected chi connectivity index (χ4v) is 3.09. The summed E-state index contributed by atoms with van der Waals surface area (Å²) in [5.74, 6) is 0.271. The zero-order chi connectivity index (χ0) is 17.5. The van der Waals surface area contributed by atoms with E-state index in [1.165, 1.54) is 0 Å². The number of hydrogen-bond donors (Lipinski definition) is 3. The minimum atomic E-state index is -0.151. The van der Waals surface area contributed by atoms with Gasteiger partial charge in [0.15, 0.2) is 0 Å². The number of phenols is 1. The van der Waals surface area contributed by atoms with Gasteiger partial charge in [-0.05, 0) is 42.5 Å². The van der Waals surface area contributed by atoms with E-state index in [0.29, 0.717) is 13.2 Å². The molecule has 0 radical (unpaired) electrons. The molecular weight excluding hydrogens is 316 g/mol. The highest BCUT2D eigenvalue weighted by Gasteiger charge is 2.30. The van der Waals surface area contributed by atoms with Gasteiger partial charge in [-0.15, -0.1) is 0 Å². The summed E-state index contributed by atoms with van der Waals surface area (Å²) >= 11 is 0. The number of aromatic hydroxyl groups is 1. The first-order chi connectivity index (χ1) is 12.2. The summed E-state index contributed by atoms with van der Waals surface area (Å²) in [7, 11) is 0. The highest BCUT2D eigenvalue weighted by atomic mass is 16.5. The van der Waals surface area contributed by atoms with Crippen LogP contribution in [0.5, 0.6) is 5.75 Å². The van der Waals surface area contributed by atoms with E-state index in [0.717, 1.165) is 30.4 Å². The Morgan fingerprint density at radius 2 is 1.88 bits per heavy atom. The minimum Gasteiger partial charge on any atom is -0.508 e. The lowest BCUT2D eigenvalue weighted by molar-refractivity contribution is 0.0999. The molecule has 3 N–H and O–H groups in total. The third-order valence-corrected chi connectivity index (χ3v) is 4.40. The second-order valence-corrected chi connectivity index (χ2v) is 6.27. The predicted molar refractivity (Wildman–Crippen MR) is 96.5 cm³/mol. The molecule has 0 bridgehead atoms. The molecule has 2 atom stereocenters. The Bertz CT molecular complexity index is 673. The summed E-state index contributed by atoms with van der Waals surface area (Å²) in [6.45, 7) is 1.27. The quantitative estimate of drug-likeness (QED) is 0.708. The molecule has 2 aromatic rings. The van der Waals surface area contributed by atoms with Crippen molar-refractivity contribution in [3.63, 3.8) is 0 Å². The Balaban J connectivity index is 1.40. The van der Waals surface area contributed by atoms with Crippen molar-refractivity contribution in [1.29, 1.82) is 0 Å². The normalized spacial score (nSPS) is 19.5. The van der Waals surface area contributed by atoms with Crippen LogP contribution in [-0.4, -0.2) is 30.3 Å². The number of benzene rings is 2. The van der Waals surface area contributed by atoms with Crippen molar-refractivity contribution < 1.29 is 14.6 Å². The average Bonchev–Trinajstić information content (AvgIpc) is 3.09. The number of aryl methyl sites for hydroxylation is 1. The van der Waals surface area contributed by atoms with Crippen molar-refractivity contribution in [2.45, 2.75) is 31.4 Å². The maximum Gasteiger partial charge on any atom is 0.315 e. The summed E-state index contributed by atoms with van der Waals surface area (Å²) < 4.78 is 5.78. The van der Waals surface area contributed by atoms with Crippen molar-refractivity contribution >= 4 is 6.03 Å². The molecule has 1 aliphatic heterocycles. The second kappa shape index (κ2) is 8.53. The molecule has 1 saturated heterocycles. The lowest BCUT2D eigenvalue weighted by Crippen LogP contribution is -2.43. The van der Waals surface area contributed by atoms with Gasteiger partial charge in [0, 0.05) is 13.2 Å². The molecule has 2 aromatic carbocycles. The van der Waals surface area contributed by atoms with Crippen LogP contribution >= 0.6 is 0 Å². The summed E-state index contributed by atoms with van der Waals surface area (Å²) in [4.78, 5) is 12.1. The Morgan fingerprint density at radius 1 is 1.12 bits per heavy atom. The van der Waals surface area contributed by atoms with E-state index >= 15 is 0 Å². The smallest absolute Gasteiger partial charge is 0.315 e. The van der Waals surface area contributed by atoms with Crippen LogP contribution in [0.2, 0.25) is 0 Å². The maximum atomic E-state index is 12.1. The van der Waals surface area contributed by atoms with Crippen LogP contribution in [0.3, 0.4) is 0 Å². The average molecular weight is 340 g/mol. The van der Waals surface area contributed by atoms with Crippen LogP contribution in [-0.2, 0) is 11.2 Å². The highest BCUT2D eigenvalue weighted by molar-refractivity contribution is 5.74. The van der Waals surface area contributed by atoms with Gasteiger partial charge in [0.2, 0.25) is 0 Å². The van der Waals surface area contributed by atoms with E-state index in [2.05, 4.69) is 10.6 Å². The van der Waals surface area contributed by atoms with Crippen molar-refractivity contribution in [1.82, 2.24) is 10.6 Å². The van der Waals surface area contributed by atoms with Gasteiger partial charge in [-0.25, -0.2) is 4.79 Å². The number of hydrogen-bond acceptors (Lipinski definition) is 3. The third-order valence-electron chi connectivity index (χ3n) is 4.40. The number of rotatable bonds is 6. The van der Waals surface area contributed by atoms with Gasteiger partial charge in [-0.1, -0.05) is 42.5 Å². The molecule has 2 amide bonds. The number of amides is 2. The first kappa shape index (κ1) is 17.3. The molecule has 1 heterocycles. The van der Waals surface area contributed by atoms with Gasteiger partial charge in [0.25, 0.3) is 0 Å². The summed E-state index contributed by atoms with van der Waals surface area (Å²) in [5, 5.41) is 15.2. The number of nitrogens with one attached hydrogen (secondary N) is 2. The number of phenolic OH excluding ortho intramolecular Hbond substituents is 1. The molecule has 132 valence electrons. The predicted octanol–water partition coefficient (Wildman–Crippen LogP) is 3.15. The Labute approximate surface area is 148 Å². The lowest BCUT2D eigenvalue weighted by Gasteiger charge is -2.20. The fourth-order valence-electron chi connectivity index (χ4n) is 3.09. The Hall–Kier alpha value is -2.53. The number of ether oxygens (including phenoxy) is 1. The van der Waals surface area contributed by atoms with Gasteiger partial charge < -0.3 is 20.5 Å². The lowest BCUT2D eigenvalue weighted by atomic mass is 10.0. The van der Waals surface area contributed by atoms with Gasteiger partial charge in [-0.3, -0.25) is 0 Å². The standard InChI is InChI=1S/C20H24N2O3/c23-17-10-8-15(9-11-17)5-4-13-21-20(24)22-18-12-14-25-19(18)16-6-2-1-3-7-16/h1-3,6-11,18-19,23H,4-5,12-14H2,(H2,21,22,24)/t18-,19-/m1/s1. The largest absolute Gasteiger partial charge is 0.508 e. The molecule has 5 heteroatoms. The molecule has 5 nitrogen and oxygen atoms in total. The van der Waals surface area contributed by atoms with Crippen molar-refractivity contribution in [2.24, 2.45) is 0 Å². The molecular formula is C20H24N2O3. The van der Waals surface area contributed by atoms with Gasteiger partial charge in [-0.2, -0.15) is 0 Å². The molecule has 1 fully saturated rings. The van der Waals surface area contributed by atoms with Crippen LogP contribution < -0.4 is 10.6 Å².